The summed E-state index contributed by atoms with van der Waals surface area (Å²) >= 11 is 7.49. The van der Waals surface area contributed by atoms with Gasteiger partial charge in [0.2, 0.25) is 11.1 Å². The van der Waals surface area contributed by atoms with Gasteiger partial charge in [0.15, 0.2) is 0 Å². The molecule has 1 fully saturated rings. The number of amides is 1. The minimum atomic E-state index is 0.0619. The van der Waals surface area contributed by atoms with Crippen LogP contribution >= 0.6 is 23.4 Å². The van der Waals surface area contributed by atoms with E-state index in [1.165, 1.54) is 5.56 Å². The number of carbonyl (C=O) groups is 1. The summed E-state index contributed by atoms with van der Waals surface area (Å²) in [5.41, 5.74) is 1.23. The molecule has 2 N–H and O–H groups in total. The van der Waals surface area contributed by atoms with Crippen LogP contribution in [0.4, 0.5) is 0 Å². The molecule has 6 nitrogen and oxygen atoms in total. The van der Waals surface area contributed by atoms with Gasteiger partial charge >= 0.3 is 0 Å². The lowest BCUT2D eigenvalue weighted by atomic mass is 9.96. The van der Waals surface area contributed by atoms with Gasteiger partial charge in [-0.3, -0.25) is 14.8 Å². The zero-order chi connectivity index (χ0) is 18.4. The number of nitrogens with one attached hydrogen (secondary N) is 2. The minimum absolute atomic E-state index is 0.0619. The van der Waals surface area contributed by atoms with Gasteiger partial charge in [0.1, 0.15) is 5.82 Å². The number of aromatic amines is 1. The summed E-state index contributed by atoms with van der Waals surface area (Å²) in [5.74, 6) is 1.79. The van der Waals surface area contributed by atoms with Crippen LogP contribution in [0, 0.1) is 12.8 Å². The van der Waals surface area contributed by atoms with Crippen LogP contribution in [0.2, 0.25) is 5.02 Å². The van der Waals surface area contributed by atoms with Crippen LogP contribution in [0.25, 0.3) is 0 Å². The molecule has 1 saturated heterocycles. The first-order valence-corrected chi connectivity index (χ1v) is 10.2. The summed E-state index contributed by atoms with van der Waals surface area (Å²) < 4.78 is 0. The third kappa shape index (κ3) is 5.72. The molecule has 1 aliphatic rings. The van der Waals surface area contributed by atoms with Crippen molar-refractivity contribution in [2.75, 3.05) is 25.4 Å². The second-order valence-electron chi connectivity index (χ2n) is 6.54. The molecule has 26 heavy (non-hydrogen) atoms. The van der Waals surface area contributed by atoms with Crippen molar-refractivity contribution in [3.63, 3.8) is 0 Å². The van der Waals surface area contributed by atoms with E-state index >= 15 is 0 Å². The highest BCUT2D eigenvalue weighted by molar-refractivity contribution is 7.99. The van der Waals surface area contributed by atoms with Crippen molar-refractivity contribution in [2.45, 2.75) is 31.5 Å². The molecule has 0 unspecified atom stereocenters. The van der Waals surface area contributed by atoms with Gasteiger partial charge in [0, 0.05) is 30.4 Å². The highest BCUT2D eigenvalue weighted by atomic mass is 35.5. The second kappa shape index (κ2) is 9.39. The van der Waals surface area contributed by atoms with Crippen LogP contribution in [0.1, 0.15) is 24.2 Å². The highest BCUT2D eigenvalue weighted by Crippen LogP contribution is 2.20. The van der Waals surface area contributed by atoms with Crippen molar-refractivity contribution >= 4 is 29.3 Å². The molecule has 1 aliphatic heterocycles. The fraction of sp³-hybridized carbons (Fsp3) is 0.500. The van der Waals surface area contributed by atoms with Gasteiger partial charge in [0.05, 0.1) is 5.92 Å². The summed E-state index contributed by atoms with van der Waals surface area (Å²) in [6.07, 6.45) is 2.01. The van der Waals surface area contributed by atoms with Gasteiger partial charge in [-0.25, -0.2) is 4.98 Å². The Morgan fingerprint density at radius 3 is 2.96 bits per heavy atom. The highest BCUT2D eigenvalue weighted by Gasteiger charge is 2.25. The van der Waals surface area contributed by atoms with Gasteiger partial charge < -0.3 is 5.32 Å². The number of aromatic nitrogens is 3. The van der Waals surface area contributed by atoms with Crippen LogP contribution in [-0.2, 0) is 11.3 Å². The normalized spacial score (nSPS) is 18.0. The molecule has 1 aromatic heterocycles. The largest absolute Gasteiger partial charge is 0.355 e. The zero-order valence-corrected chi connectivity index (χ0v) is 16.4. The molecule has 140 valence electrons. The number of nitrogens with zero attached hydrogens (tertiary/aromatic N) is 3. The predicted molar refractivity (Wildman–Crippen MR) is 104 cm³/mol. The number of aryl methyl sites for hydroxylation is 1. The van der Waals surface area contributed by atoms with E-state index in [4.69, 9.17) is 11.6 Å². The number of hydrogen-bond acceptors (Lipinski definition) is 5. The topological polar surface area (TPSA) is 73.9 Å². The van der Waals surface area contributed by atoms with Gasteiger partial charge in [-0.2, -0.15) is 0 Å². The number of thioether (sulfide) groups is 1. The van der Waals surface area contributed by atoms with Crippen molar-refractivity contribution in [2.24, 2.45) is 5.92 Å². The second-order valence-corrected chi connectivity index (χ2v) is 8.04. The maximum Gasteiger partial charge on any atom is 0.224 e. The van der Waals surface area contributed by atoms with E-state index in [-0.39, 0.29) is 11.8 Å². The van der Waals surface area contributed by atoms with E-state index in [0.29, 0.717) is 6.54 Å². The van der Waals surface area contributed by atoms with E-state index in [0.717, 1.165) is 54.2 Å². The summed E-state index contributed by atoms with van der Waals surface area (Å²) in [6.45, 7) is 5.21. The van der Waals surface area contributed by atoms with Crippen LogP contribution in [0.5, 0.6) is 0 Å². The predicted octanol–water partition coefficient (Wildman–Crippen LogP) is 2.89. The van der Waals surface area contributed by atoms with Crippen molar-refractivity contribution in [1.29, 1.82) is 0 Å². The fourth-order valence-corrected chi connectivity index (χ4v) is 3.93. The lowest BCUT2D eigenvalue weighted by molar-refractivity contribution is -0.126. The van der Waals surface area contributed by atoms with E-state index in [1.807, 2.05) is 31.2 Å². The summed E-state index contributed by atoms with van der Waals surface area (Å²) in [4.78, 5) is 19.0. The Bertz CT molecular complexity index is 721. The lowest BCUT2D eigenvalue weighted by Crippen LogP contribution is -2.43. The molecule has 0 bridgehead atoms. The van der Waals surface area contributed by atoms with E-state index in [1.54, 1.807) is 11.8 Å². The van der Waals surface area contributed by atoms with Gasteiger partial charge in [-0.05, 0) is 44.0 Å². The van der Waals surface area contributed by atoms with E-state index < -0.39 is 0 Å². The monoisotopic (exact) mass is 393 g/mol. The molecular weight excluding hydrogens is 370 g/mol. The Hall–Kier alpha value is -1.57. The Labute approximate surface area is 163 Å². The molecule has 0 spiro atoms. The van der Waals surface area contributed by atoms with Gasteiger partial charge in [-0.15, -0.1) is 5.10 Å². The molecule has 2 heterocycles. The minimum Gasteiger partial charge on any atom is -0.355 e. The Morgan fingerprint density at radius 2 is 2.23 bits per heavy atom. The zero-order valence-electron chi connectivity index (χ0n) is 14.9. The molecule has 1 atom stereocenters. The standard InChI is InChI=1S/C18H24ClN5OS/c1-13-21-18(23-22-13)26-10-8-20-17(25)15-3-2-9-24(12-15)11-14-4-6-16(19)7-5-14/h4-7,15H,2-3,8-12H2,1H3,(H,20,25)(H,21,22,23)/t15-/m1/s1. The first-order valence-electron chi connectivity index (χ1n) is 8.86. The van der Waals surface area contributed by atoms with Crippen LogP contribution < -0.4 is 5.32 Å². The molecule has 2 aromatic rings. The number of piperidine rings is 1. The van der Waals surface area contributed by atoms with E-state index in [2.05, 4.69) is 25.4 Å². The lowest BCUT2D eigenvalue weighted by Gasteiger charge is -2.32. The van der Waals surface area contributed by atoms with Crippen LogP contribution in [-0.4, -0.2) is 51.4 Å². The molecule has 0 radical (unpaired) electrons. The van der Waals surface area contributed by atoms with Crippen LogP contribution in [0.15, 0.2) is 29.4 Å². The van der Waals surface area contributed by atoms with Crippen molar-refractivity contribution in [1.82, 2.24) is 25.4 Å². The smallest absolute Gasteiger partial charge is 0.224 e. The maximum atomic E-state index is 12.5. The van der Waals surface area contributed by atoms with Gasteiger partial charge in [0.25, 0.3) is 0 Å². The average Bonchev–Trinajstić information content (AvgIpc) is 3.06. The van der Waals surface area contributed by atoms with E-state index in [9.17, 15) is 4.79 Å². The van der Waals surface area contributed by atoms with Crippen molar-refractivity contribution in [3.8, 4) is 0 Å². The molecule has 1 aromatic carbocycles. The molecule has 0 saturated carbocycles. The van der Waals surface area contributed by atoms with Crippen molar-refractivity contribution < 1.29 is 4.79 Å². The first kappa shape index (κ1) is 19.2. The number of halogens is 1. The molecule has 3 rings (SSSR count). The fourth-order valence-electron chi connectivity index (χ4n) is 3.11. The number of rotatable bonds is 7. The molecule has 0 aliphatic carbocycles. The number of H-pyrrole nitrogens is 1. The third-order valence-corrected chi connectivity index (χ3v) is 5.51. The SMILES string of the molecule is Cc1nc(SCCNC(=O)[C@@H]2CCCN(Cc3ccc(Cl)cc3)C2)n[nH]1. The molecule has 1 amide bonds. The summed E-state index contributed by atoms with van der Waals surface area (Å²) in [7, 11) is 0. The number of hydrogen-bond donors (Lipinski definition) is 2. The Kier molecular flexibility index (Phi) is 6.93. The first-order chi connectivity index (χ1) is 12.6. The Balaban J connectivity index is 1.40. The number of likely N-dealkylation sites (tertiary alicyclic amines) is 1. The molecular formula is C18H24ClN5OS. The number of carbonyl (C=O) groups excluding carboxylic acids is 1. The maximum absolute atomic E-state index is 12.5. The van der Waals surface area contributed by atoms with Crippen LogP contribution in [0.3, 0.4) is 0 Å². The van der Waals surface area contributed by atoms with Gasteiger partial charge in [-0.1, -0.05) is 35.5 Å². The summed E-state index contributed by atoms with van der Waals surface area (Å²) in [5, 5.41) is 11.4. The quantitative estimate of drug-likeness (QED) is 0.559. The van der Waals surface area contributed by atoms with Crippen molar-refractivity contribution in [3.05, 3.63) is 40.7 Å². The number of benzene rings is 1. The Morgan fingerprint density at radius 1 is 1.42 bits per heavy atom. The third-order valence-electron chi connectivity index (χ3n) is 4.40. The average molecular weight is 394 g/mol. The summed E-state index contributed by atoms with van der Waals surface area (Å²) in [6, 6.07) is 7.93. The molecule has 8 heteroatoms.